The first-order chi connectivity index (χ1) is 10.2. The van der Waals surface area contributed by atoms with Crippen molar-refractivity contribution in [2.45, 2.75) is 51.1 Å². The van der Waals surface area contributed by atoms with Crippen molar-refractivity contribution in [1.29, 1.82) is 0 Å². The number of carbonyl (C=O) groups excluding carboxylic acids is 1. The van der Waals surface area contributed by atoms with Gasteiger partial charge in [-0.3, -0.25) is 4.79 Å². The fraction of sp³-hybridized carbons (Fsp3) is 0.562. The van der Waals surface area contributed by atoms with Crippen molar-refractivity contribution >= 4 is 24.7 Å². The molecule has 0 bridgehead atoms. The van der Waals surface area contributed by atoms with Crippen LogP contribution in [-0.2, 0) is 18.8 Å². The Balaban J connectivity index is 2.35. The summed E-state index contributed by atoms with van der Waals surface area (Å²) < 4.78 is 17.0. The summed E-state index contributed by atoms with van der Waals surface area (Å²) in [6, 6.07) is 7.43. The van der Waals surface area contributed by atoms with Crippen LogP contribution >= 0.6 is 11.6 Å². The highest BCUT2D eigenvalue weighted by Gasteiger charge is 2.54. The van der Waals surface area contributed by atoms with Gasteiger partial charge in [0.05, 0.1) is 24.7 Å². The predicted molar refractivity (Wildman–Crippen MR) is 86.9 cm³/mol. The van der Waals surface area contributed by atoms with Gasteiger partial charge < -0.3 is 14.0 Å². The summed E-state index contributed by atoms with van der Waals surface area (Å²) in [5.41, 5.74) is -0.103. The van der Waals surface area contributed by atoms with Crippen LogP contribution in [0.1, 0.15) is 45.5 Å². The Morgan fingerprint density at radius 2 is 1.77 bits per heavy atom. The topological polar surface area (TPSA) is 44.8 Å². The SMILES string of the molecule is COC(=O)CC(B1OC(C)(C)C(C)(C)O1)c1ccccc1Cl. The second kappa shape index (κ2) is 6.22. The summed E-state index contributed by atoms with van der Waals surface area (Å²) in [5, 5.41) is 0.589. The molecule has 1 aliphatic heterocycles. The largest absolute Gasteiger partial charge is 0.469 e. The second-order valence-corrected chi connectivity index (χ2v) is 6.94. The van der Waals surface area contributed by atoms with E-state index in [0.717, 1.165) is 5.56 Å². The van der Waals surface area contributed by atoms with Crippen LogP contribution in [0.15, 0.2) is 24.3 Å². The van der Waals surface area contributed by atoms with Gasteiger partial charge in [0.15, 0.2) is 0 Å². The average molecular weight is 325 g/mol. The van der Waals surface area contributed by atoms with E-state index in [-0.39, 0.29) is 18.2 Å². The molecule has 1 aromatic carbocycles. The third-order valence-corrected chi connectivity index (χ3v) is 4.86. The molecular weight excluding hydrogens is 302 g/mol. The van der Waals surface area contributed by atoms with E-state index in [1.165, 1.54) is 7.11 Å². The zero-order valence-electron chi connectivity index (χ0n) is 13.7. The van der Waals surface area contributed by atoms with Crippen molar-refractivity contribution in [3.8, 4) is 0 Å². The van der Waals surface area contributed by atoms with Crippen LogP contribution in [0.4, 0.5) is 0 Å². The number of methoxy groups -OCH3 is 1. The van der Waals surface area contributed by atoms with Gasteiger partial charge in [0, 0.05) is 10.8 Å². The minimum atomic E-state index is -0.552. The van der Waals surface area contributed by atoms with Gasteiger partial charge in [-0.1, -0.05) is 29.8 Å². The standard InChI is InChI=1S/C16H22BClO4/c1-15(2)16(3,4)22-17(21-15)12(10-14(19)20-5)11-8-6-7-9-13(11)18/h6-9,12H,10H2,1-5H3. The van der Waals surface area contributed by atoms with Crippen LogP contribution < -0.4 is 0 Å². The van der Waals surface area contributed by atoms with Gasteiger partial charge in [-0.25, -0.2) is 0 Å². The third-order valence-electron chi connectivity index (χ3n) is 4.52. The Bertz CT molecular complexity index is 543. The summed E-state index contributed by atoms with van der Waals surface area (Å²) in [6.45, 7) is 7.92. The van der Waals surface area contributed by atoms with Gasteiger partial charge in [0.1, 0.15) is 0 Å². The van der Waals surface area contributed by atoms with Crippen LogP contribution in [0.3, 0.4) is 0 Å². The molecular formula is C16H22BClO4. The van der Waals surface area contributed by atoms with Crippen molar-refractivity contribution < 1.29 is 18.8 Å². The molecule has 1 unspecified atom stereocenters. The molecule has 0 N–H and O–H groups in total. The van der Waals surface area contributed by atoms with Crippen LogP contribution in [0.25, 0.3) is 0 Å². The fourth-order valence-electron chi connectivity index (χ4n) is 2.44. The molecule has 1 fully saturated rings. The maximum Gasteiger partial charge on any atom is 0.466 e. The smallest absolute Gasteiger partial charge is 0.466 e. The summed E-state index contributed by atoms with van der Waals surface area (Å²) >= 11 is 6.30. The summed E-state index contributed by atoms with van der Waals surface area (Å²) in [5.74, 6) is -0.637. The molecule has 0 saturated carbocycles. The number of carbonyl (C=O) groups is 1. The number of benzene rings is 1. The molecule has 0 radical (unpaired) electrons. The molecule has 0 aliphatic carbocycles. The normalized spacial score (nSPS) is 20.7. The molecule has 1 heterocycles. The number of hydrogen-bond acceptors (Lipinski definition) is 4. The first kappa shape index (κ1) is 17.3. The van der Waals surface area contributed by atoms with E-state index >= 15 is 0 Å². The second-order valence-electron chi connectivity index (χ2n) is 6.53. The highest BCUT2D eigenvalue weighted by Crippen LogP contribution is 2.42. The van der Waals surface area contributed by atoms with Crippen molar-refractivity contribution in [3.05, 3.63) is 34.9 Å². The van der Waals surface area contributed by atoms with Crippen LogP contribution in [-0.4, -0.2) is 31.4 Å². The van der Waals surface area contributed by atoms with E-state index in [0.29, 0.717) is 5.02 Å². The van der Waals surface area contributed by atoms with E-state index < -0.39 is 18.3 Å². The van der Waals surface area contributed by atoms with Crippen molar-refractivity contribution in [1.82, 2.24) is 0 Å². The van der Waals surface area contributed by atoms with E-state index in [9.17, 15) is 4.79 Å². The number of ether oxygens (including phenoxy) is 1. The first-order valence-electron chi connectivity index (χ1n) is 7.35. The third kappa shape index (κ3) is 3.32. The predicted octanol–water partition coefficient (Wildman–Crippen LogP) is 3.62. The summed E-state index contributed by atoms with van der Waals surface area (Å²) in [7, 11) is 0.819. The van der Waals surface area contributed by atoms with E-state index in [1.54, 1.807) is 6.07 Å². The van der Waals surface area contributed by atoms with Gasteiger partial charge in [-0.05, 0) is 39.3 Å². The Morgan fingerprint density at radius 1 is 1.23 bits per heavy atom. The molecule has 1 aliphatic rings. The molecule has 0 amide bonds. The summed E-state index contributed by atoms with van der Waals surface area (Å²) in [6.07, 6.45) is 0.150. The average Bonchev–Trinajstić information content (AvgIpc) is 2.65. The lowest BCUT2D eigenvalue weighted by Gasteiger charge is -2.32. The van der Waals surface area contributed by atoms with Gasteiger partial charge >= 0.3 is 13.1 Å². The van der Waals surface area contributed by atoms with Crippen molar-refractivity contribution in [3.63, 3.8) is 0 Å². The Labute approximate surface area is 137 Å². The Kier molecular flexibility index (Phi) is 4.90. The molecule has 1 saturated heterocycles. The molecule has 4 nitrogen and oxygen atoms in total. The van der Waals surface area contributed by atoms with Crippen LogP contribution in [0.5, 0.6) is 0 Å². The first-order valence-corrected chi connectivity index (χ1v) is 7.72. The van der Waals surface area contributed by atoms with Crippen LogP contribution in [0, 0.1) is 0 Å². The Morgan fingerprint density at radius 3 is 2.27 bits per heavy atom. The van der Waals surface area contributed by atoms with Crippen molar-refractivity contribution in [2.75, 3.05) is 7.11 Å². The minimum absolute atomic E-state index is 0.150. The number of esters is 1. The molecule has 2 rings (SSSR count). The van der Waals surface area contributed by atoms with E-state index in [1.807, 2.05) is 45.9 Å². The molecule has 22 heavy (non-hydrogen) atoms. The monoisotopic (exact) mass is 324 g/mol. The fourth-order valence-corrected chi connectivity index (χ4v) is 2.72. The molecule has 1 aromatic rings. The zero-order valence-corrected chi connectivity index (χ0v) is 14.4. The maximum absolute atomic E-state index is 11.8. The van der Waals surface area contributed by atoms with E-state index in [4.69, 9.17) is 25.6 Å². The molecule has 6 heteroatoms. The number of halogens is 1. The molecule has 0 spiro atoms. The Hall–Kier alpha value is -1.04. The maximum atomic E-state index is 11.8. The molecule has 0 aromatic heterocycles. The lowest BCUT2D eigenvalue weighted by Crippen LogP contribution is -2.41. The van der Waals surface area contributed by atoms with Gasteiger partial charge in [0.2, 0.25) is 0 Å². The zero-order chi connectivity index (χ0) is 16.5. The lowest BCUT2D eigenvalue weighted by atomic mass is 9.66. The molecule has 1 atom stereocenters. The number of rotatable bonds is 4. The number of hydrogen-bond donors (Lipinski definition) is 0. The lowest BCUT2D eigenvalue weighted by molar-refractivity contribution is -0.140. The minimum Gasteiger partial charge on any atom is -0.469 e. The highest BCUT2D eigenvalue weighted by atomic mass is 35.5. The van der Waals surface area contributed by atoms with Gasteiger partial charge in [0.25, 0.3) is 0 Å². The summed E-state index contributed by atoms with van der Waals surface area (Å²) in [4.78, 5) is 11.8. The van der Waals surface area contributed by atoms with Gasteiger partial charge in [-0.15, -0.1) is 0 Å². The van der Waals surface area contributed by atoms with E-state index in [2.05, 4.69) is 0 Å². The highest BCUT2D eigenvalue weighted by molar-refractivity contribution is 6.48. The molecule has 120 valence electrons. The van der Waals surface area contributed by atoms with Crippen molar-refractivity contribution in [2.24, 2.45) is 0 Å². The quantitative estimate of drug-likeness (QED) is 0.627. The van der Waals surface area contributed by atoms with Gasteiger partial charge in [-0.2, -0.15) is 0 Å². The van der Waals surface area contributed by atoms with Crippen LogP contribution in [0.2, 0.25) is 5.02 Å².